The van der Waals surface area contributed by atoms with Gasteiger partial charge in [0.1, 0.15) is 47.4 Å². The van der Waals surface area contributed by atoms with Crippen molar-refractivity contribution >= 4 is 122 Å². The summed E-state index contributed by atoms with van der Waals surface area (Å²) in [5, 5.41) is 20.8. The minimum atomic E-state index is -0.889. The number of hydrogen-bond donors (Lipinski definition) is 1. The van der Waals surface area contributed by atoms with Gasteiger partial charge in [0.2, 0.25) is 0 Å². The molecule has 0 saturated carbocycles. The Kier molecular flexibility index (Phi) is 26.1. The quantitative estimate of drug-likeness (QED) is 0.0598. The van der Waals surface area contributed by atoms with Gasteiger partial charge in [-0.25, -0.2) is 4.79 Å². The molecule has 12 rings (SSSR count). The number of thiophene rings is 4. The number of nitrogens with zero attached hydrogens (tertiary/aromatic N) is 3. The Morgan fingerprint density at radius 3 is 0.901 bits per heavy atom. The predicted octanol–water partition coefficient (Wildman–Crippen LogP) is 21.0. The summed E-state index contributed by atoms with van der Waals surface area (Å²) in [7, 11) is 9.91. The van der Waals surface area contributed by atoms with Crippen molar-refractivity contribution in [2.75, 3.05) is 61.4 Å². The van der Waals surface area contributed by atoms with Gasteiger partial charge >= 0.3 is 10.7 Å². The molecule has 8 aromatic carbocycles. The minimum absolute atomic E-state index is 0.0184. The standard InChI is InChI=1S/C37H36N2O3S2.C19H21NOS.C18H19NOS.CCl2O/c1-38(23-21-33(35-19-9-25-43-35)41-31-17-7-13-27-11-3-5-15-29(27)31)37(40)39(2)24-22-34(36-20-10-26-44-36)42-32-18-8-14-28-12-4-6-16-30(28)32;1-20(2)13-12-18(19-11-6-14-22-19)21-17-10-5-8-15-7-3-4-9-16(15)17;1-19-12-11-17(18-10-5-13-21-18)20-16-9-4-7-14-6-2-3-8-15(14)16;2-1(3)4/h3-20,25-26,33-34H,21-24H2,1-2H3;3-11,14,18H,12-13H2,1-2H3;2-10,13,17,19H,11-12H2,1H3;. The summed E-state index contributed by atoms with van der Waals surface area (Å²) in [5.74, 6) is 3.65. The van der Waals surface area contributed by atoms with Crippen LogP contribution >= 0.6 is 68.5 Å². The van der Waals surface area contributed by atoms with Crippen LogP contribution in [-0.4, -0.2) is 86.8 Å². The zero-order valence-electron chi connectivity index (χ0n) is 51.7. The Morgan fingerprint density at radius 2 is 0.637 bits per heavy atom. The number of halogens is 2. The zero-order valence-corrected chi connectivity index (χ0v) is 56.5. The van der Waals surface area contributed by atoms with Crippen LogP contribution in [0.3, 0.4) is 0 Å². The summed E-state index contributed by atoms with van der Waals surface area (Å²) >= 11 is 15.7. The van der Waals surface area contributed by atoms with Gasteiger partial charge in [-0.2, -0.15) is 0 Å². The van der Waals surface area contributed by atoms with Crippen LogP contribution in [0.25, 0.3) is 43.1 Å². The Balaban J connectivity index is 0.000000174. The highest BCUT2D eigenvalue weighted by molar-refractivity contribution is 7.10. The van der Waals surface area contributed by atoms with E-state index in [1.165, 1.54) is 31.3 Å². The van der Waals surface area contributed by atoms with Crippen LogP contribution < -0.4 is 24.3 Å². The monoisotopic (exact) mass is 1330 g/mol. The number of nitrogens with one attached hydrogen (secondary N) is 1. The number of rotatable bonds is 24. The average molecular weight is 1330 g/mol. The molecule has 0 bridgehead atoms. The van der Waals surface area contributed by atoms with Gasteiger partial charge in [-0.3, -0.25) is 4.79 Å². The molecule has 4 aromatic heterocycles. The molecule has 0 saturated heterocycles. The van der Waals surface area contributed by atoms with Crippen molar-refractivity contribution in [1.29, 1.82) is 0 Å². The van der Waals surface area contributed by atoms with E-state index in [9.17, 15) is 4.79 Å². The molecule has 470 valence electrons. The molecule has 0 aliphatic carbocycles. The van der Waals surface area contributed by atoms with Crippen molar-refractivity contribution in [3.63, 3.8) is 0 Å². The van der Waals surface area contributed by atoms with Crippen LogP contribution in [0.1, 0.15) is 69.6 Å². The maximum atomic E-state index is 13.5. The predicted molar refractivity (Wildman–Crippen MR) is 385 cm³/mol. The fraction of sp³-hybridized carbons (Fsp3) is 0.227. The number of ether oxygens (including phenoxy) is 4. The summed E-state index contributed by atoms with van der Waals surface area (Å²) < 4.78 is 25.1. The molecule has 0 aliphatic heterocycles. The molecule has 2 amide bonds. The van der Waals surface area contributed by atoms with Crippen LogP contribution in [-0.2, 0) is 0 Å². The number of amides is 2. The van der Waals surface area contributed by atoms with E-state index in [1.807, 2.05) is 81.8 Å². The summed E-state index contributed by atoms with van der Waals surface area (Å²) in [6.07, 6.45) is 3.20. The van der Waals surface area contributed by atoms with Crippen molar-refractivity contribution in [2.24, 2.45) is 0 Å². The molecule has 4 atom stereocenters. The van der Waals surface area contributed by atoms with Crippen LogP contribution in [0.4, 0.5) is 9.59 Å². The summed E-state index contributed by atoms with van der Waals surface area (Å²) in [5.41, 5.74) is 0. The Morgan fingerprint density at radius 1 is 0.374 bits per heavy atom. The second-order valence-electron chi connectivity index (χ2n) is 21.8. The molecule has 16 heteroatoms. The van der Waals surface area contributed by atoms with Gasteiger partial charge in [-0.15, -0.1) is 45.3 Å². The number of urea groups is 1. The third kappa shape index (κ3) is 19.9. The third-order valence-electron chi connectivity index (χ3n) is 15.1. The minimum Gasteiger partial charge on any atom is -0.484 e. The van der Waals surface area contributed by atoms with Gasteiger partial charge in [0.05, 0.1) is 0 Å². The second-order valence-corrected chi connectivity index (χ2v) is 26.6. The maximum Gasteiger partial charge on any atom is 0.319 e. The fourth-order valence-corrected chi connectivity index (χ4v) is 13.7. The second kappa shape index (κ2) is 35.2. The van der Waals surface area contributed by atoms with Gasteiger partial charge in [0.15, 0.2) is 0 Å². The lowest BCUT2D eigenvalue weighted by Crippen LogP contribution is -2.40. The molecule has 4 heterocycles. The Labute approximate surface area is 560 Å². The molecular weight excluding hydrogens is 1250 g/mol. The van der Waals surface area contributed by atoms with Gasteiger partial charge in [-0.1, -0.05) is 170 Å². The van der Waals surface area contributed by atoms with Crippen molar-refractivity contribution in [1.82, 2.24) is 20.0 Å². The number of carbonyl (C=O) groups excluding carboxylic acids is 2. The summed E-state index contributed by atoms with van der Waals surface area (Å²) in [6.45, 7) is 3.08. The van der Waals surface area contributed by atoms with Crippen LogP contribution in [0.5, 0.6) is 23.0 Å². The lowest BCUT2D eigenvalue weighted by molar-refractivity contribution is 0.144. The molecule has 0 spiro atoms. The van der Waals surface area contributed by atoms with E-state index in [2.05, 4.69) is 227 Å². The van der Waals surface area contributed by atoms with Crippen molar-refractivity contribution in [3.8, 4) is 23.0 Å². The Bertz CT molecular complexity index is 3960. The molecule has 12 aromatic rings. The first-order chi connectivity index (χ1) is 44.4. The van der Waals surface area contributed by atoms with Gasteiger partial charge < -0.3 is 39.0 Å². The largest absolute Gasteiger partial charge is 0.484 e. The molecule has 0 aliphatic rings. The number of carbonyl (C=O) groups is 2. The topological polar surface area (TPSA) is 92.8 Å². The molecule has 0 radical (unpaired) electrons. The summed E-state index contributed by atoms with van der Waals surface area (Å²) in [6, 6.07) is 74.8. The highest BCUT2D eigenvalue weighted by atomic mass is 35.5. The molecular formula is C75H76Cl2N4O6S4. The van der Waals surface area contributed by atoms with E-state index < -0.39 is 4.70 Å². The van der Waals surface area contributed by atoms with E-state index in [-0.39, 0.29) is 30.4 Å². The first kappa shape index (κ1) is 67.6. The highest BCUT2D eigenvalue weighted by Crippen LogP contribution is 2.37. The molecule has 1 N–H and O–H groups in total. The van der Waals surface area contributed by atoms with Crippen LogP contribution in [0, 0.1) is 0 Å². The van der Waals surface area contributed by atoms with Gasteiger partial charge in [-0.05, 0) is 142 Å². The highest BCUT2D eigenvalue weighted by Gasteiger charge is 2.24. The molecule has 4 unspecified atom stereocenters. The molecule has 0 fully saturated rings. The van der Waals surface area contributed by atoms with E-state index in [1.54, 1.807) is 55.1 Å². The first-order valence-corrected chi connectivity index (χ1v) is 34.5. The van der Waals surface area contributed by atoms with Crippen molar-refractivity contribution in [3.05, 3.63) is 259 Å². The fourth-order valence-electron chi connectivity index (χ4n) is 10.5. The van der Waals surface area contributed by atoms with E-state index >= 15 is 0 Å². The van der Waals surface area contributed by atoms with Gasteiger partial charge in [0.25, 0.3) is 0 Å². The van der Waals surface area contributed by atoms with E-state index in [0.29, 0.717) is 25.9 Å². The Hall–Kier alpha value is -7.76. The normalized spacial score (nSPS) is 12.3. The van der Waals surface area contributed by atoms with E-state index in [4.69, 9.17) is 23.7 Å². The zero-order chi connectivity index (χ0) is 63.7. The lowest BCUT2D eigenvalue weighted by Gasteiger charge is -2.28. The first-order valence-electron chi connectivity index (χ1n) is 30.2. The summed E-state index contributed by atoms with van der Waals surface area (Å²) in [4.78, 5) is 33.1. The smallest absolute Gasteiger partial charge is 0.319 e. The van der Waals surface area contributed by atoms with E-state index in [0.717, 1.165) is 80.2 Å². The lowest BCUT2D eigenvalue weighted by atomic mass is 10.1. The molecule has 91 heavy (non-hydrogen) atoms. The number of benzene rings is 8. The van der Waals surface area contributed by atoms with Gasteiger partial charge in [0, 0.05) is 100 Å². The van der Waals surface area contributed by atoms with Crippen LogP contribution in [0.2, 0.25) is 0 Å². The van der Waals surface area contributed by atoms with Crippen molar-refractivity contribution in [2.45, 2.75) is 50.1 Å². The SMILES string of the molecule is CN(C)CCC(Oc1cccc2ccccc12)c1cccs1.CN(CCC(Oc1cccc2ccccc12)c1cccs1)C(=O)N(C)CCC(Oc1cccc2ccccc12)c1cccs1.CNCCC(Oc1cccc2ccccc12)c1cccs1.O=C(Cl)Cl. The van der Waals surface area contributed by atoms with Crippen molar-refractivity contribution < 1.29 is 28.5 Å². The van der Waals surface area contributed by atoms with Crippen LogP contribution in [0.15, 0.2) is 240 Å². The molecule has 10 nitrogen and oxygen atoms in total. The number of fused-ring (bicyclic) bond motifs is 4. The average Bonchev–Trinajstić information content (AvgIpc) is 2.31. The third-order valence-corrected chi connectivity index (χ3v) is 19.0. The maximum absolute atomic E-state index is 13.5. The number of hydrogen-bond acceptors (Lipinski definition) is 12.